The summed E-state index contributed by atoms with van der Waals surface area (Å²) in [7, 11) is 0. The molecule has 2 rings (SSSR count). The summed E-state index contributed by atoms with van der Waals surface area (Å²) >= 11 is 1.57. The minimum absolute atomic E-state index is 0.00505. The van der Waals surface area contributed by atoms with Gasteiger partial charge in [0.2, 0.25) is 0 Å². The zero-order chi connectivity index (χ0) is 15.6. The average molecular weight is 308 g/mol. The number of aromatic nitrogens is 2. The third kappa shape index (κ3) is 2.78. The second-order valence-corrected chi connectivity index (χ2v) is 6.00. The Morgan fingerprint density at radius 1 is 1.48 bits per heavy atom. The van der Waals surface area contributed by atoms with Gasteiger partial charge in [-0.05, 0) is 25.3 Å². The highest BCUT2D eigenvalue weighted by atomic mass is 32.2. The van der Waals surface area contributed by atoms with Gasteiger partial charge in [0.1, 0.15) is 5.82 Å². The maximum atomic E-state index is 11.5. The van der Waals surface area contributed by atoms with Crippen molar-refractivity contribution in [1.82, 2.24) is 9.55 Å². The lowest BCUT2D eigenvalue weighted by atomic mass is 10.1. The van der Waals surface area contributed by atoms with E-state index >= 15 is 0 Å². The fourth-order valence-electron chi connectivity index (χ4n) is 2.65. The summed E-state index contributed by atoms with van der Waals surface area (Å²) in [4.78, 5) is 16.1. The van der Waals surface area contributed by atoms with Crippen LogP contribution in [0, 0.1) is 0 Å². The monoisotopic (exact) mass is 308 g/mol. The van der Waals surface area contributed by atoms with Crippen molar-refractivity contribution in [3.63, 3.8) is 0 Å². The van der Waals surface area contributed by atoms with Gasteiger partial charge in [0, 0.05) is 17.7 Å². The van der Waals surface area contributed by atoms with Crippen molar-refractivity contribution in [2.45, 2.75) is 31.6 Å². The van der Waals surface area contributed by atoms with Crippen molar-refractivity contribution in [2.24, 2.45) is 0 Å². The highest BCUT2D eigenvalue weighted by Gasteiger charge is 2.24. The first-order chi connectivity index (χ1) is 10.0. The van der Waals surface area contributed by atoms with Crippen LogP contribution in [-0.4, -0.2) is 43.8 Å². The van der Waals surface area contributed by atoms with Crippen molar-refractivity contribution in [2.75, 3.05) is 12.9 Å². The molecule has 0 bridgehead atoms. The smallest absolute Gasteiger partial charge is 0.337 e. The topological polar surface area (TPSA) is 75.3 Å². The summed E-state index contributed by atoms with van der Waals surface area (Å²) in [6.45, 7) is 4.04. The summed E-state index contributed by atoms with van der Waals surface area (Å²) in [5, 5.41) is 19.0. The molecule has 0 aliphatic rings. The van der Waals surface area contributed by atoms with Crippen LogP contribution in [0.25, 0.3) is 11.0 Å². The average Bonchev–Trinajstić information content (AvgIpc) is 2.86. The summed E-state index contributed by atoms with van der Waals surface area (Å²) in [6.07, 6.45) is 2.66. The highest BCUT2D eigenvalue weighted by molar-refractivity contribution is 7.99. The minimum atomic E-state index is -0.957. The molecule has 2 unspecified atom stereocenters. The maximum Gasteiger partial charge on any atom is 0.337 e. The van der Waals surface area contributed by atoms with Crippen molar-refractivity contribution in [1.29, 1.82) is 0 Å². The molecule has 2 aromatic rings. The van der Waals surface area contributed by atoms with E-state index < -0.39 is 5.97 Å². The van der Waals surface area contributed by atoms with Gasteiger partial charge in [-0.2, -0.15) is 11.8 Å². The molecule has 6 heteroatoms. The second-order valence-electron chi connectivity index (χ2n) is 4.93. The van der Waals surface area contributed by atoms with E-state index in [2.05, 4.69) is 4.98 Å². The fourth-order valence-corrected chi connectivity index (χ4v) is 3.31. The van der Waals surface area contributed by atoms with Gasteiger partial charge in [-0.25, -0.2) is 9.78 Å². The van der Waals surface area contributed by atoms with Crippen LogP contribution in [-0.2, 0) is 6.42 Å². The Balaban J connectivity index is 2.72. The number of carboxylic acid groups (broad SMARTS) is 1. The summed E-state index contributed by atoms with van der Waals surface area (Å²) in [6, 6.07) is 5.11. The van der Waals surface area contributed by atoms with E-state index in [-0.39, 0.29) is 23.5 Å². The number of carbonyl (C=O) groups is 1. The first kappa shape index (κ1) is 15.9. The molecule has 0 amide bonds. The van der Waals surface area contributed by atoms with Crippen molar-refractivity contribution in [3.05, 3.63) is 29.6 Å². The molecule has 1 heterocycles. The third-order valence-electron chi connectivity index (χ3n) is 3.76. The van der Waals surface area contributed by atoms with Crippen LogP contribution < -0.4 is 0 Å². The lowest BCUT2D eigenvalue weighted by Gasteiger charge is -2.24. The quantitative estimate of drug-likeness (QED) is 0.858. The van der Waals surface area contributed by atoms with E-state index in [1.54, 1.807) is 23.9 Å². The molecule has 0 radical (unpaired) electrons. The predicted octanol–water partition coefficient (Wildman–Crippen LogP) is 2.58. The Morgan fingerprint density at radius 2 is 2.19 bits per heavy atom. The van der Waals surface area contributed by atoms with E-state index in [0.29, 0.717) is 17.5 Å². The van der Waals surface area contributed by atoms with Crippen molar-refractivity contribution in [3.8, 4) is 0 Å². The van der Waals surface area contributed by atoms with Crippen molar-refractivity contribution < 1.29 is 15.0 Å². The number of aromatic carboxylic acids is 1. The Morgan fingerprint density at radius 3 is 2.71 bits per heavy atom. The van der Waals surface area contributed by atoms with E-state index in [4.69, 9.17) is 0 Å². The Labute approximate surface area is 128 Å². The molecule has 0 aliphatic heterocycles. The van der Waals surface area contributed by atoms with Crippen LogP contribution in [0.2, 0.25) is 0 Å². The van der Waals surface area contributed by atoms with Crippen LogP contribution in [0.1, 0.15) is 36.1 Å². The fraction of sp³-hybridized carbons (Fsp3) is 0.467. The van der Waals surface area contributed by atoms with Gasteiger partial charge in [0.25, 0.3) is 0 Å². The number of imidazole rings is 1. The van der Waals surface area contributed by atoms with E-state index in [1.807, 2.05) is 30.7 Å². The number of hydrogen-bond acceptors (Lipinski definition) is 4. The van der Waals surface area contributed by atoms with E-state index in [0.717, 1.165) is 5.82 Å². The molecule has 0 spiro atoms. The lowest BCUT2D eigenvalue weighted by Crippen LogP contribution is -2.24. The number of thioether (sulfide) groups is 1. The van der Waals surface area contributed by atoms with Crippen LogP contribution in [0.15, 0.2) is 18.2 Å². The van der Waals surface area contributed by atoms with Gasteiger partial charge < -0.3 is 14.8 Å². The van der Waals surface area contributed by atoms with Gasteiger partial charge in [0.05, 0.1) is 23.2 Å². The van der Waals surface area contributed by atoms with Crippen LogP contribution in [0.5, 0.6) is 0 Å². The van der Waals surface area contributed by atoms with Gasteiger partial charge in [-0.15, -0.1) is 0 Å². The molecule has 0 fully saturated rings. The van der Waals surface area contributed by atoms with Crippen LogP contribution >= 0.6 is 11.8 Å². The summed E-state index contributed by atoms with van der Waals surface area (Å²) in [5.74, 6) is -0.111. The zero-order valence-corrected chi connectivity index (χ0v) is 13.2. The van der Waals surface area contributed by atoms with E-state index in [9.17, 15) is 15.0 Å². The maximum absolute atomic E-state index is 11.5. The Hall–Kier alpha value is -1.53. The standard InChI is InChI=1S/C15H20N2O3S/c1-4-13-16-11-7-5-6-10(15(19)20)14(11)17(13)9(2)12(8-18)21-3/h5-7,9,12,18H,4,8H2,1-3H3,(H,19,20). The third-order valence-corrected chi connectivity index (χ3v) is 4.91. The number of para-hydroxylation sites is 1. The lowest BCUT2D eigenvalue weighted by molar-refractivity contribution is 0.0698. The molecule has 0 aliphatic carbocycles. The van der Waals surface area contributed by atoms with Crippen LogP contribution in [0.3, 0.4) is 0 Å². The first-order valence-corrected chi connectivity index (χ1v) is 8.20. The molecule has 5 nitrogen and oxygen atoms in total. The number of aliphatic hydroxyl groups is 1. The molecule has 2 N–H and O–H groups in total. The number of nitrogens with zero attached hydrogens (tertiary/aromatic N) is 2. The van der Waals surface area contributed by atoms with Gasteiger partial charge in [0.15, 0.2) is 0 Å². The number of fused-ring (bicyclic) bond motifs is 1. The summed E-state index contributed by atoms with van der Waals surface area (Å²) in [5.41, 5.74) is 1.59. The van der Waals surface area contributed by atoms with E-state index in [1.165, 1.54) is 0 Å². The molecule has 0 saturated carbocycles. The van der Waals surface area contributed by atoms with Crippen LogP contribution in [0.4, 0.5) is 0 Å². The molecule has 1 aromatic carbocycles. The zero-order valence-electron chi connectivity index (χ0n) is 12.4. The predicted molar refractivity (Wildman–Crippen MR) is 85.2 cm³/mol. The number of benzene rings is 1. The largest absolute Gasteiger partial charge is 0.478 e. The molecule has 114 valence electrons. The van der Waals surface area contributed by atoms with Gasteiger partial charge in [-0.1, -0.05) is 13.0 Å². The number of carboxylic acids is 1. The number of hydrogen-bond donors (Lipinski definition) is 2. The number of rotatable bonds is 6. The number of aryl methyl sites for hydroxylation is 1. The second kappa shape index (κ2) is 6.49. The molecule has 0 saturated heterocycles. The van der Waals surface area contributed by atoms with Crippen molar-refractivity contribution >= 4 is 28.8 Å². The molecule has 2 atom stereocenters. The highest BCUT2D eigenvalue weighted by Crippen LogP contribution is 2.30. The normalized spacial score (nSPS) is 14.3. The molecule has 21 heavy (non-hydrogen) atoms. The first-order valence-electron chi connectivity index (χ1n) is 6.91. The molecule has 1 aromatic heterocycles. The Kier molecular flexibility index (Phi) is 4.90. The molecular formula is C15H20N2O3S. The Bertz CT molecular complexity index is 650. The molecular weight excluding hydrogens is 288 g/mol. The van der Waals surface area contributed by atoms with Gasteiger partial charge >= 0.3 is 5.97 Å². The van der Waals surface area contributed by atoms with Gasteiger partial charge in [-0.3, -0.25) is 0 Å². The minimum Gasteiger partial charge on any atom is -0.478 e. The summed E-state index contributed by atoms with van der Waals surface area (Å²) < 4.78 is 1.97. The number of aliphatic hydroxyl groups excluding tert-OH is 1. The SMILES string of the molecule is CCc1nc2cccc(C(=O)O)c2n1C(C)C(CO)SC.